The van der Waals surface area contributed by atoms with E-state index in [9.17, 15) is 9.90 Å². The lowest BCUT2D eigenvalue weighted by molar-refractivity contribution is 0.0951. The fourth-order valence-corrected chi connectivity index (χ4v) is 5.54. The molecule has 4 N–H and O–H groups in total. The fraction of sp³-hybridized carbons (Fsp3) is 0.514. The molecule has 3 rings (SSSR count). The lowest BCUT2D eigenvalue weighted by atomic mass is 9.91. The molecule has 0 saturated carbocycles. The number of nitrogens with two attached hydrogens (primary N) is 1. The molecule has 0 fully saturated rings. The number of anilines is 1. The number of benzene rings is 3. The van der Waals surface area contributed by atoms with Crippen molar-refractivity contribution in [3.8, 4) is 16.9 Å². The first-order valence-electron chi connectivity index (χ1n) is 15.5. The number of hydrogen-bond donors (Lipinski definition) is 3. The molecule has 0 unspecified atom stereocenters. The molecule has 0 bridgehead atoms. The van der Waals surface area contributed by atoms with Crippen molar-refractivity contribution < 1.29 is 9.90 Å². The number of carbonyl (C=O) groups excluding carboxylic acids is 1. The molecule has 0 aliphatic carbocycles. The van der Waals surface area contributed by atoms with E-state index >= 15 is 0 Å². The minimum Gasteiger partial charge on any atom is -0.506 e. The largest absolute Gasteiger partial charge is 0.506 e. The Morgan fingerprint density at radius 3 is 1.67 bits per heavy atom. The van der Waals surface area contributed by atoms with Crippen LogP contribution < -0.4 is 11.1 Å². The van der Waals surface area contributed by atoms with Gasteiger partial charge in [0.15, 0.2) is 0 Å². The lowest BCUT2D eigenvalue weighted by Gasteiger charge is -2.18. The molecule has 0 heterocycles. The predicted molar refractivity (Wildman–Crippen MR) is 167 cm³/mol. The van der Waals surface area contributed by atoms with E-state index in [2.05, 4.69) is 12.2 Å². The molecule has 39 heavy (non-hydrogen) atoms. The molecule has 0 aromatic heterocycles. The molecular formula is C35H50N2O2. The topological polar surface area (TPSA) is 75.4 Å². The second-order valence-electron chi connectivity index (χ2n) is 11.0. The summed E-state index contributed by atoms with van der Waals surface area (Å²) in [4.78, 5) is 13.3. The van der Waals surface area contributed by atoms with Crippen LogP contribution in [0.4, 0.5) is 5.69 Å². The van der Waals surface area contributed by atoms with Gasteiger partial charge in [-0.3, -0.25) is 4.79 Å². The number of nitrogens with one attached hydrogen (secondary N) is 1. The minimum absolute atomic E-state index is 0.0110. The van der Waals surface area contributed by atoms with Crippen LogP contribution in [-0.4, -0.2) is 17.6 Å². The number of aromatic hydroxyl groups is 1. The van der Waals surface area contributed by atoms with Crippen LogP contribution in [0.3, 0.4) is 0 Å². The number of amides is 1. The highest BCUT2D eigenvalue weighted by molar-refractivity contribution is 6.15. The van der Waals surface area contributed by atoms with Gasteiger partial charge in [-0.1, -0.05) is 158 Å². The highest BCUT2D eigenvalue weighted by Gasteiger charge is 2.23. The molecule has 4 heteroatoms. The van der Waals surface area contributed by atoms with E-state index in [1.807, 2.05) is 54.6 Å². The third-order valence-electron chi connectivity index (χ3n) is 7.83. The van der Waals surface area contributed by atoms with Crippen LogP contribution in [0.25, 0.3) is 21.9 Å². The van der Waals surface area contributed by atoms with E-state index in [1.165, 1.54) is 89.9 Å². The van der Waals surface area contributed by atoms with Crippen molar-refractivity contribution in [3.05, 3.63) is 60.2 Å². The summed E-state index contributed by atoms with van der Waals surface area (Å²) >= 11 is 0. The first-order chi connectivity index (χ1) is 19.1. The quantitative estimate of drug-likeness (QED) is 0.0820. The Morgan fingerprint density at radius 1 is 0.667 bits per heavy atom. The van der Waals surface area contributed by atoms with Gasteiger partial charge in [0.25, 0.3) is 5.91 Å². The van der Waals surface area contributed by atoms with Crippen LogP contribution in [-0.2, 0) is 0 Å². The summed E-state index contributed by atoms with van der Waals surface area (Å²) < 4.78 is 0. The molecule has 4 nitrogen and oxygen atoms in total. The van der Waals surface area contributed by atoms with E-state index < -0.39 is 0 Å². The summed E-state index contributed by atoms with van der Waals surface area (Å²) in [7, 11) is 0. The summed E-state index contributed by atoms with van der Waals surface area (Å²) in [5.74, 6) is -0.284. The first-order valence-corrected chi connectivity index (χ1v) is 15.5. The molecule has 0 radical (unpaired) electrons. The Morgan fingerprint density at radius 2 is 1.13 bits per heavy atom. The summed E-state index contributed by atoms with van der Waals surface area (Å²) in [5.41, 5.74) is 8.75. The van der Waals surface area contributed by atoms with Crippen LogP contribution in [0, 0.1) is 0 Å². The number of fused-ring (bicyclic) bond motifs is 1. The molecular weight excluding hydrogens is 480 g/mol. The molecule has 212 valence electrons. The predicted octanol–water partition coefficient (Wildman–Crippen LogP) is 9.79. The molecule has 3 aromatic rings. The number of phenols is 1. The Bertz CT molecular complexity index is 1130. The zero-order valence-corrected chi connectivity index (χ0v) is 24.1. The molecule has 3 aromatic carbocycles. The van der Waals surface area contributed by atoms with Crippen molar-refractivity contribution >= 4 is 22.4 Å². The molecule has 0 atom stereocenters. The number of unbranched alkanes of at least 4 members (excludes halogenated alkanes) is 15. The number of rotatable bonds is 19. The number of carbonyl (C=O) groups is 1. The van der Waals surface area contributed by atoms with Gasteiger partial charge in [-0.05, 0) is 12.0 Å². The van der Waals surface area contributed by atoms with E-state index in [0.29, 0.717) is 23.2 Å². The molecule has 0 aliphatic heterocycles. The van der Waals surface area contributed by atoms with Crippen LogP contribution >= 0.6 is 0 Å². The smallest absolute Gasteiger partial charge is 0.255 e. The Labute approximate surface area is 236 Å². The van der Waals surface area contributed by atoms with Crippen molar-refractivity contribution in [1.29, 1.82) is 0 Å². The van der Waals surface area contributed by atoms with E-state index in [-0.39, 0.29) is 17.2 Å². The first kappa shape index (κ1) is 30.5. The van der Waals surface area contributed by atoms with Crippen molar-refractivity contribution in [1.82, 2.24) is 5.32 Å². The molecule has 0 saturated heterocycles. The maximum absolute atomic E-state index is 13.3. The molecule has 0 spiro atoms. The summed E-state index contributed by atoms with van der Waals surface area (Å²) in [6, 6.07) is 17.0. The van der Waals surface area contributed by atoms with Gasteiger partial charge in [0.2, 0.25) is 0 Å². The molecule has 1 amide bonds. The van der Waals surface area contributed by atoms with E-state index in [4.69, 9.17) is 5.73 Å². The van der Waals surface area contributed by atoms with Crippen LogP contribution in [0.1, 0.15) is 120 Å². The number of nitrogen functional groups attached to an aromatic ring is 1. The van der Waals surface area contributed by atoms with E-state index in [1.54, 1.807) is 0 Å². The Kier molecular flexibility index (Phi) is 13.7. The van der Waals surface area contributed by atoms with Gasteiger partial charge in [0.1, 0.15) is 5.75 Å². The maximum Gasteiger partial charge on any atom is 0.255 e. The van der Waals surface area contributed by atoms with Crippen LogP contribution in [0.5, 0.6) is 5.75 Å². The van der Waals surface area contributed by atoms with Gasteiger partial charge in [-0.15, -0.1) is 0 Å². The molecule has 0 aliphatic rings. The third-order valence-corrected chi connectivity index (χ3v) is 7.83. The number of phenolic OH excluding ortho intramolecular Hbond substituents is 1. The van der Waals surface area contributed by atoms with Crippen molar-refractivity contribution in [2.75, 3.05) is 12.3 Å². The van der Waals surface area contributed by atoms with Gasteiger partial charge in [0.05, 0.1) is 5.56 Å². The second kappa shape index (κ2) is 17.6. The Hall–Kier alpha value is -3.01. The van der Waals surface area contributed by atoms with Gasteiger partial charge >= 0.3 is 0 Å². The highest BCUT2D eigenvalue weighted by atomic mass is 16.3. The summed E-state index contributed by atoms with van der Waals surface area (Å²) in [5, 5.41) is 15.5. The van der Waals surface area contributed by atoms with Gasteiger partial charge in [0, 0.05) is 28.6 Å². The van der Waals surface area contributed by atoms with Gasteiger partial charge in [-0.2, -0.15) is 0 Å². The van der Waals surface area contributed by atoms with Crippen molar-refractivity contribution in [3.63, 3.8) is 0 Å². The zero-order chi connectivity index (χ0) is 27.7. The zero-order valence-electron chi connectivity index (χ0n) is 24.1. The van der Waals surface area contributed by atoms with Crippen LogP contribution in [0.2, 0.25) is 0 Å². The lowest BCUT2D eigenvalue weighted by Crippen LogP contribution is -2.25. The standard InChI is InChI=1S/C35H50N2O2/c1-2-3-4-5-6-7-8-9-10-11-12-13-14-15-16-22-27-37-35(39)32-31(28-23-18-17-19-24-28)33(36)29-25-20-21-26-30(29)34(32)38/h17-21,23-26,38H,2-16,22,27,36H2,1H3,(H,37,39). The third kappa shape index (κ3) is 9.60. The SMILES string of the molecule is CCCCCCCCCCCCCCCCCCNC(=O)c1c(-c2ccccc2)c(N)c2ccccc2c1O. The van der Waals surface area contributed by atoms with E-state index in [0.717, 1.165) is 23.8 Å². The minimum atomic E-state index is -0.273. The monoisotopic (exact) mass is 530 g/mol. The van der Waals surface area contributed by atoms with Gasteiger partial charge in [-0.25, -0.2) is 0 Å². The Balaban J connectivity index is 1.36. The maximum atomic E-state index is 13.3. The second-order valence-corrected chi connectivity index (χ2v) is 11.0. The normalized spacial score (nSPS) is 11.2. The number of hydrogen-bond acceptors (Lipinski definition) is 3. The highest BCUT2D eigenvalue weighted by Crippen LogP contribution is 2.42. The van der Waals surface area contributed by atoms with Crippen LogP contribution in [0.15, 0.2) is 54.6 Å². The summed E-state index contributed by atoms with van der Waals surface area (Å²) in [6.45, 7) is 2.87. The fourth-order valence-electron chi connectivity index (χ4n) is 5.54. The average Bonchev–Trinajstić information content (AvgIpc) is 2.96. The van der Waals surface area contributed by atoms with Gasteiger partial charge < -0.3 is 16.2 Å². The average molecular weight is 531 g/mol. The summed E-state index contributed by atoms with van der Waals surface area (Å²) in [6.07, 6.45) is 21.2. The van der Waals surface area contributed by atoms with Crippen molar-refractivity contribution in [2.24, 2.45) is 0 Å². The van der Waals surface area contributed by atoms with Crippen molar-refractivity contribution in [2.45, 2.75) is 110 Å².